The fraction of sp³-hybridized carbons (Fsp3) is 0.533. The third kappa shape index (κ3) is 2.95. The van der Waals surface area contributed by atoms with E-state index in [-0.39, 0.29) is 6.04 Å². The molecule has 0 bridgehead atoms. The number of aryl methyl sites for hydroxylation is 1. The molecular weight excluding hydrogens is 268 g/mol. The maximum atomic E-state index is 5.71. The van der Waals surface area contributed by atoms with Crippen LogP contribution >= 0.6 is 11.3 Å². The van der Waals surface area contributed by atoms with Crippen LogP contribution in [0, 0.1) is 6.92 Å². The first-order valence-electron chi connectivity index (χ1n) is 7.33. The number of nitrogens with zero attached hydrogens (tertiary/aromatic N) is 2. The van der Waals surface area contributed by atoms with Crippen LogP contribution in [0.5, 0.6) is 0 Å². The normalized spacial score (nSPS) is 17.7. The number of hydrazine groups is 1. The van der Waals surface area contributed by atoms with Gasteiger partial charge in [-0.3, -0.25) is 16.0 Å². The first-order valence-corrected chi connectivity index (χ1v) is 8.14. The van der Waals surface area contributed by atoms with Gasteiger partial charge < -0.3 is 0 Å². The van der Waals surface area contributed by atoms with Crippen molar-refractivity contribution >= 4 is 11.3 Å². The summed E-state index contributed by atoms with van der Waals surface area (Å²) in [5.74, 6) is 5.71. The van der Waals surface area contributed by atoms with Gasteiger partial charge in [-0.05, 0) is 38.0 Å². The van der Waals surface area contributed by atoms with Crippen LogP contribution in [-0.2, 0) is 6.42 Å². The molecule has 0 amide bonds. The summed E-state index contributed by atoms with van der Waals surface area (Å²) in [6.07, 6.45) is 8.17. The van der Waals surface area contributed by atoms with E-state index in [9.17, 15) is 0 Å². The van der Waals surface area contributed by atoms with Crippen LogP contribution in [0.4, 0.5) is 0 Å². The monoisotopic (exact) mass is 290 g/mol. The molecule has 3 rings (SSSR count). The highest BCUT2D eigenvalue weighted by Crippen LogP contribution is 2.29. The Morgan fingerprint density at radius 1 is 1.40 bits per heavy atom. The lowest BCUT2D eigenvalue weighted by Crippen LogP contribution is -2.29. The van der Waals surface area contributed by atoms with E-state index in [0.29, 0.717) is 6.04 Å². The number of thiophene rings is 1. The molecule has 1 saturated carbocycles. The Balaban J connectivity index is 1.69. The van der Waals surface area contributed by atoms with E-state index < -0.39 is 0 Å². The van der Waals surface area contributed by atoms with Gasteiger partial charge in [0.25, 0.3) is 0 Å². The fourth-order valence-electron chi connectivity index (χ4n) is 2.95. The Labute approximate surface area is 124 Å². The Hall–Kier alpha value is -1.17. The molecular formula is C15H22N4S. The van der Waals surface area contributed by atoms with Crippen LogP contribution in [-0.4, -0.2) is 9.78 Å². The molecule has 1 aliphatic rings. The minimum Gasteiger partial charge on any atom is -0.271 e. The zero-order valence-corrected chi connectivity index (χ0v) is 12.7. The SMILES string of the molecule is Cc1ccc(C(Cc2ccn(C3CCCC3)n2)NN)s1. The Morgan fingerprint density at radius 3 is 2.85 bits per heavy atom. The van der Waals surface area contributed by atoms with Crippen LogP contribution < -0.4 is 11.3 Å². The predicted octanol–water partition coefficient (Wildman–Crippen LogP) is 3.12. The van der Waals surface area contributed by atoms with Crippen molar-refractivity contribution in [2.45, 2.75) is 51.1 Å². The second-order valence-corrected chi connectivity index (χ2v) is 6.92. The van der Waals surface area contributed by atoms with E-state index in [1.807, 2.05) is 0 Å². The van der Waals surface area contributed by atoms with Crippen molar-refractivity contribution in [3.8, 4) is 0 Å². The van der Waals surface area contributed by atoms with Gasteiger partial charge in [-0.1, -0.05) is 12.8 Å². The van der Waals surface area contributed by atoms with E-state index in [0.717, 1.165) is 12.1 Å². The summed E-state index contributed by atoms with van der Waals surface area (Å²) in [7, 11) is 0. The van der Waals surface area contributed by atoms with E-state index in [2.05, 4.69) is 41.4 Å². The first-order chi connectivity index (χ1) is 9.76. The van der Waals surface area contributed by atoms with Crippen molar-refractivity contribution in [2.24, 2.45) is 5.84 Å². The molecule has 108 valence electrons. The van der Waals surface area contributed by atoms with Gasteiger partial charge in [0.2, 0.25) is 0 Å². The fourth-order valence-corrected chi connectivity index (χ4v) is 3.89. The van der Waals surface area contributed by atoms with Crippen LogP contribution in [0.25, 0.3) is 0 Å². The largest absolute Gasteiger partial charge is 0.271 e. The number of nitrogens with two attached hydrogens (primary N) is 1. The van der Waals surface area contributed by atoms with E-state index in [1.165, 1.54) is 35.4 Å². The van der Waals surface area contributed by atoms with E-state index >= 15 is 0 Å². The van der Waals surface area contributed by atoms with Crippen molar-refractivity contribution < 1.29 is 0 Å². The minimum atomic E-state index is 0.153. The molecule has 1 atom stereocenters. The van der Waals surface area contributed by atoms with Gasteiger partial charge in [0.05, 0.1) is 17.8 Å². The number of rotatable bonds is 5. The van der Waals surface area contributed by atoms with Crippen LogP contribution in [0.3, 0.4) is 0 Å². The van der Waals surface area contributed by atoms with Crippen molar-refractivity contribution in [3.63, 3.8) is 0 Å². The maximum Gasteiger partial charge on any atom is 0.0644 e. The molecule has 2 aromatic rings. The van der Waals surface area contributed by atoms with Crippen molar-refractivity contribution in [1.29, 1.82) is 0 Å². The summed E-state index contributed by atoms with van der Waals surface area (Å²) in [5, 5.41) is 4.74. The molecule has 3 N–H and O–H groups in total. The molecule has 2 aromatic heterocycles. The van der Waals surface area contributed by atoms with E-state index in [1.54, 1.807) is 11.3 Å². The molecule has 0 aromatic carbocycles. The Bertz CT molecular complexity index is 554. The standard InChI is InChI=1S/C15H22N4S/c1-11-6-7-15(20-11)14(17-16)10-12-8-9-19(18-12)13-4-2-3-5-13/h6-9,13-14,17H,2-5,10,16H2,1H3. The highest BCUT2D eigenvalue weighted by atomic mass is 32.1. The van der Waals surface area contributed by atoms with Gasteiger partial charge in [0.1, 0.15) is 0 Å². The summed E-state index contributed by atoms with van der Waals surface area (Å²) in [5.41, 5.74) is 4.04. The lowest BCUT2D eigenvalue weighted by atomic mass is 10.1. The summed E-state index contributed by atoms with van der Waals surface area (Å²) in [6, 6.07) is 7.18. The minimum absolute atomic E-state index is 0.153. The third-order valence-electron chi connectivity index (χ3n) is 4.08. The average molecular weight is 290 g/mol. The molecule has 1 fully saturated rings. The molecule has 0 spiro atoms. The molecule has 4 nitrogen and oxygen atoms in total. The quantitative estimate of drug-likeness (QED) is 0.657. The topological polar surface area (TPSA) is 55.9 Å². The highest BCUT2D eigenvalue weighted by Gasteiger charge is 2.19. The summed E-state index contributed by atoms with van der Waals surface area (Å²) in [4.78, 5) is 2.59. The van der Waals surface area contributed by atoms with Gasteiger partial charge in [-0.25, -0.2) is 0 Å². The molecule has 0 saturated heterocycles. The number of nitrogens with one attached hydrogen (secondary N) is 1. The van der Waals surface area contributed by atoms with Gasteiger partial charge >= 0.3 is 0 Å². The zero-order valence-electron chi connectivity index (χ0n) is 11.9. The lowest BCUT2D eigenvalue weighted by Gasteiger charge is -2.13. The number of aromatic nitrogens is 2. The third-order valence-corrected chi connectivity index (χ3v) is 5.20. The predicted molar refractivity (Wildman–Crippen MR) is 82.6 cm³/mol. The molecule has 2 heterocycles. The van der Waals surface area contributed by atoms with Crippen LogP contribution in [0.2, 0.25) is 0 Å². The smallest absolute Gasteiger partial charge is 0.0644 e. The molecule has 20 heavy (non-hydrogen) atoms. The van der Waals surface area contributed by atoms with E-state index in [4.69, 9.17) is 10.9 Å². The Kier molecular flexibility index (Phi) is 4.19. The second-order valence-electron chi connectivity index (χ2n) is 5.60. The summed E-state index contributed by atoms with van der Waals surface area (Å²) < 4.78 is 2.15. The van der Waals surface area contributed by atoms with Gasteiger partial charge in [0, 0.05) is 22.4 Å². The molecule has 1 aliphatic carbocycles. The molecule has 0 aliphatic heterocycles. The maximum absolute atomic E-state index is 5.71. The lowest BCUT2D eigenvalue weighted by molar-refractivity contribution is 0.458. The van der Waals surface area contributed by atoms with Crippen molar-refractivity contribution in [1.82, 2.24) is 15.2 Å². The first kappa shape index (κ1) is 13.8. The van der Waals surface area contributed by atoms with Crippen LogP contribution in [0.1, 0.15) is 53.2 Å². The highest BCUT2D eigenvalue weighted by molar-refractivity contribution is 7.12. The molecule has 5 heteroatoms. The average Bonchev–Trinajstić information content (AvgIpc) is 3.16. The van der Waals surface area contributed by atoms with Crippen molar-refractivity contribution in [2.75, 3.05) is 0 Å². The van der Waals surface area contributed by atoms with Gasteiger partial charge in [-0.2, -0.15) is 5.10 Å². The number of hydrogen-bond donors (Lipinski definition) is 2. The summed E-state index contributed by atoms with van der Waals surface area (Å²) >= 11 is 1.79. The summed E-state index contributed by atoms with van der Waals surface area (Å²) in [6.45, 7) is 2.12. The van der Waals surface area contributed by atoms with Gasteiger partial charge in [0.15, 0.2) is 0 Å². The van der Waals surface area contributed by atoms with Gasteiger partial charge in [-0.15, -0.1) is 11.3 Å². The molecule has 0 radical (unpaired) electrons. The van der Waals surface area contributed by atoms with Crippen LogP contribution in [0.15, 0.2) is 24.4 Å². The molecule has 1 unspecified atom stereocenters. The van der Waals surface area contributed by atoms with Crippen molar-refractivity contribution in [3.05, 3.63) is 39.8 Å². The Morgan fingerprint density at radius 2 is 2.20 bits per heavy atom. The number of hydrogen-bond acceptors (Lipinski definition) is 4. The zero-order chi connectivity index (χ0) is 13.9. The second kappa shape index (κ2) is 6.08.